The first-order valence-electron chi connectivity index (χ1n) is 17.7. The number of piperidine rings is 2. The van der Waals surface area contributed by atoms with E-state index in [1.807, 2.05) is 6.07 Å². The number of nitrogens with zero attached hydrogens (tertiary/aromatic N) is 7. The summed E-state index contributed by atoms with van der Waals surface area (Å²) in [5, 5.41) is 9.18. The van der Waals surface area contributed by atoms with E-state index in [1.165, 1.54) is 10.7 Å². The third-order valence-electron chi connectivity index (χ3n) is 10.8. The van der Waals surface area contributed by atoms with E-state index in [0.717, 1.165) is 80.5 Å². The van der Waals surface area contributed by atoms with Crippen LogP contribution in [0.15, 0.2) is 48.8 Å². The first-order chi connectivity index (χ1) is 25.6. The molecule has 0 radical (unpaired) electrons. The molecule has 4 aliphatic rings. The average Bonchev–Trinajstić information content (AvgIpc) is 3.75. The van der Waals surface area contributed by atoms with Gasteiger partial charge in [-0.1, -0.05) is 6.07 Å². The van der Waals surface area contributed by atoms with Crippen LogP contribution in [0.25, 0.3) is 4.85 Å². The van der Waals surface area contributed by atoms with Crippen molar-refractivity contribution in [1.82, 2.24) is 24.9 Å². The number of hydrogen-bond acceptors (Lipinski definition) is 9. The fourth-order valence-electron chi connectivity index (χ4n) is 7.60. The Balaban J connectivity index is 0.918. The Bertz CT molecular complexity index is 2070. The maximum Gasteiger partial charge on any atom is 0.407 e. The van der Waals surface area contributed by atoms with Crippen molar-refractivity contribution in [2.75, 3.05) is 54.4 Å². The maximum absolute atomic E-state index is 13.5. The molecule has 3 fully saturated rings. The minimum absolute atomic E-state index is 0.0625. The largest absolute Gasteiger partial charge is 0.407 e. The zero-order valence-electron chi connectivity index (χ0n) is 29.7. The topological polar surface area (TPSA) is 145 Å². The molecule has 3 saturated heterocycles. The van der Waals surface area contributed by atoms with Gasteiger partial charge >= 0.3 is 6.18 Å². The summed E-state index contributed by atoms with van der Waals surface area (Å²) in [6, 6.07) is 7.61. The summed E-state index contributed by atoms with van der Waals surface area (Å²) in [5.41, 5.74) is -0.787. The fourth-order valence-corrected chi connectivity index (χ4v) is 7.60. The van der Waals surface area contributed by atoms with Gasteiger partial charge in [-0.05, 0) is 63.4 Å². The number of hydrogen-bond donors (Lipinski definition) is 2. The predicted octanol–water partition coefficient (Wildman–Crippen LogP) is 4.02. The number of imide groups is 2. The molecule has 1 aromatic heterocycles. The van der Waals surface area contributed by atoms with Gasteiger partial charge in [0.05, 0.1) is 35.1 Å². The van der Waals surface area contributed by atoms with Crippen LogP contribution in [0.1, 0.15) is 65.8 Å². The van der Waals surface area contributed by atoms with Crippen molar-refractivity contribution in [3.05, 3.63) is 76.9 Å². The third kappa shape index (κ3) is 6.77. The van der Waals surface area contributed by atoms with Crippen molar-refractivity contribution in [2.45, 2.75) is 63.3 Å². The van der Waals surface area contributed by atoms with Gasteiger partial charge in [-0.25, -0.2) is 4.85 Å². The van der Waals surface area contributed by atoms with E-state index in [1.54, 1.807) is 38.4 Å². The van der Waals surface area contributed by atoms with Gasteiger partial charge in [0.2, 0.25) is 11.8 Å². The van der Waals surface area contributed by atoms with E-state index in [4.69, 9.17) is 6.57 Å². The molecule has 0 bridgehead atoms. The summed E-state index contributed by atoms with van der Waals surface area (Å²) in [4.78, 5) is 74.4. The van der Waals surface area contributed by atoms with Gasteiger partial charge in [0.15, 0.2) is 5.69 Å². The Morgan fingerprint density at radius 1 is 0.889 bits per heavy atom. The Hall–Kier alpha value is -5.76. The second-order valence-corrected chi connectivity index (χ2v) is 14.4. The first kappa shape index (κ1) is 36.6. The molecule has 282 valence electrons. The smallest absolute Gasteiger partial charge is 0.369 e. The number of amides is 5. The molecule has 5 amide bonds. The standard InChI is InChI=1S/C37H38F3N9O5/c1-36(2,35(54)43-22-4-7-29(41-3)28(18-22)37(38,39)40)48-21-25(20-42-48)45-12-10-23(11-13-45)46-14-16-47(17-15-46)24-5-6-26-27(19-24)34(53)49(33(26)52)30-8-9-31(50)44-32(30)51/h4-7,18-21,23,30H,8-17H2,1-2H3,(H,43,54)(H,44,50,51). The lowest BCUT2D eigenvalue weighted by molar-refractivity contribution is -0.137. The zero-order valence-corrected chi connectivity index (χ0v) is 29.7. The van der Waals surface area contributed by atoms with Crippen LogP contribution < -0.4 is 20.4 Å². The molecule has 3 aromatic rings. The number of carbonyl (C=O) groups is 5. The molecule has 0 saturated carbocycles. The molecular weight excluding hydrogens is 707 g/mol. The molecule has 17 heteroatoms. The van der Waals surface area contributed by atoms with Gasteiger partial charge < -0.3 is 15.1 Å². The number of rotatable bonds is 7. The number of alkyl halides is 3. The molecule has 1 atom stereocenters. The van der Waals surface area contributed by atoms with Gasteiger partial charge in [-0.15, -0.1) is 0 Å². The van der Waals surface area contributed by atoms with Crippen LogP contribution in [0.3, 0.4) is 0 Å². The minimum atomic E-state index is -4.74. The molecule has 2 aromatic carbocycles. The zero-order chi connectivity index (χ0) is 38.5. The lowest BCUT2D eigenvalue weighted by Crippen LogP contribution is -2.54. The first-order valence-corrected chi connectivity index (χ1v) is 17.7. The number of nitrogens with one attached hydrogen (secondary N) is 2. The monoisotopic (exact) mass is 745 g/mol. The molecule has 14 nitrogen and oxygen atoms in total. The normalized spacial score (nSPS) is 20.2. The SMILES string of the molecule is [C-]#[N+]c1ccc(NC(=O)C(C)(C)n2cc(N3CCC(N4CCN(c5ccc6c(c5)C(=O)N(C5CCC(=O)NC5=O)C6=O)CC4)CC3)cn2)cc1C(F)(F)F. The van der Waals surface area contributed by atoms with Crippen molar-refractivity contribution in [3.63, 3.8) is 0 Å². The highest BCUT2D eigenvalue weighted by molar-refractivity contribution is 6.23. The predicted molar refractivity (Wildman–Crippen MR) is 190 cm³/mol. The highest BCUT2D eigenvalue weighted by atomic mass is 19.4. The molecule has 0 aliphatic carbocycles. The fraction of sp³-hybridized carbons (Fsp3) is 0.432. The van der Waals surface area contributed by atoms with Crippen LogP contribution in [0.2, 0.25) is 0 Å². The number of fused-ring (bicyclic) bond motifs is 1. The number of halogens is 3. The van der Waals surface area contributed by atoms with Crippen LogP contribution in [-0.2, 0) is 26.1 Å². The van der Waals surface area contributed by atoms with Gasteiger partial charge in [-0.2, -0.15) is 18.3 Å². The summed E-state index contributed by atoms with van der Waals surface area (Å²) in [6.07, 6.45) is 0.683. The Morgan fingerprint density at radius 3 is 2.24 bits per heavy atom. The lowest BCUT2D eigenvalue weighted by atomic mass is 10.0. The van der Waals surface area contributed by atoms with Crippen molar-refractivity contribution in [3.8, 4) is 0 Å². The summed E-state index contributed by atoms with van der Waals surface area (Å²) >= 11 is 0. The van der Waals surface area contributed by atoms with Crippen LogP contribution in [-0.4, -0.2) is 100 Å². The minimum Gasteiger partial charge on any atom is -0.369 e. The summed E-state index contributed by atoms with van der Waals surface area (Å²) < 4.78 is 41.9. The molecule has 4 aliphatic heterocycles. The third-order valence-corrected chi connectivity index (χ3v) is 10.8. The van der Waals surface area contributed by atoms with Crippen LogP contribution >= 0.6 is 0 Å². The van der Waals surface area contributed by atoms with E-state index in [0.29, 0.717) is 6.04 Å². The molecule has 2 N–H and O–H groups in total. The van der Waals surface area contributed by atoms with E-state index < -0.39 is 58.5 Å². The molecular formula is C37H38F3N9O5. The highest BCUT2D eigenvalue weighted by Gasteiger charge is 2.45. The summed E-state index contributed by atoms with van der Waals surface area (Å²) in [6.45, 7) is 14.9. The number of carbonyl (C=O) groups excluding carboxylic acids is 5. The van der Waals surface area contributed by atoms with Crippen LogP contribution in [0.4, 0.5) is 35.9 Å². The van der Waals surface area contributed by atoms with E-state index >= 15 is 0 Å². The number of benzene rings is 2. The second kappa shape index (κ2) is 13.9. The number of anilines is 3. The number of piperazine rings is 1. The second-order valence-electron chi connectivity index (χ2n) is 14.4. The van der Waals surface area contributed by atoms with Crippen molar-refractivity contribution in [1.29, 1.82) is 0 Å². The van der Waals surface area contributed by atoms with E-state index in [-0.39, 0.29) is 29.7 Å². The molecule has 1 unspecified atom stereocenters. The lowest BCUT2D eigenvalue weighted by Gasteiger charge is -2.43. The summed E-state index contributed by atoms with van der Waals surface area (Å²) in [7, 11) is 0. The van der Waals surface area contributed by atoms with Crippen molar-refractivity contribution in [2.24, 2.45) is 0 Å². The van der Waals surface area contributed by atoms with Gasteiger partial charge in [0, 0.05) is 69.3 Å². The Morgan fingerprint density at radius 2 is 1.57 bits per heavy atom. The highest BCUT2D eigenvalue weighted by Crippen LogP contribution is 2.38. The molecule has 54 heavy (non-hydrogen) atoms. The average molecular weight is 746 g/mol. The van der Waals surface area contributed by atoms with Crippen LogP contribution in [0, 0.1) is 6.57 Å². The van der Waals surface area contributed by atoms with E-state index in [2.05, 4.69) is 35.3 Å². The number of aromatic nitrogens is 2. The quantitative estimate of drug-likeness (QED) is 0.271. The van der Waals surface area contributed by atoms with Gasteiger partial charge in [-0.3, -0.25) is 43.8 Å². The Labute approximate surface area is 308 Å². The Kier molecular flexibility index (Phi) is 9.42. The van der Waals surface area contributed by atoms with Crippen LogP contribution in [0.5, 0.6) is 0 Å². The summed E-state index contributed by atoms with van der Waals surface area (Å²) in [5.74, 6) is -2.67. The van der Waals surface area contributed by atoms with Crippen molar-refractivity contribution >= 4 is 52.3 Å². The van der Waals surface area contributed by atoms with E-state index in [9.17, 15) is 37.1 Å². The van der Waals surface area contributed by atoms with Crippen molar-refractivity contribution < 1.29 is 37.1 Å². The van der Waals surface area contributed by atoms with Gasteiger partial charge in [0.1, 0.15) is 11.6 Å². The molecule has 5 heterocycles. The maximum atomic E-state index is 13.5. The molecule has 7 rings (SSSR count). The molecule has 0 spiro atoms. The van der Waals surface area contributed by atoms with Gasteiger partial charge in [0.25, 0.3) is 17.7 Å².